The molecule has 0 bridgehead atoms. The number of rotatable bonds is 2. The number of nitrogens with two attached hydrogens (primary N) is 1. The highest BCUT2D eigenvalue weighted by Crippen LogP contribution is 2.25. The van der Waals surface area contributed by atoms with Crippen molar-refractivity contribution in [3.05, 3.63) is 57.2 Å². The molecule has 0 unspecified atom stereocenters. The summed E-state index contributed by atoms with van der Waals surface area (Å²) in [4.78, 5) is 12.0. The standard InChI is InChI=1S/C13H9F2IN2O/c14-7-5-9(15)12(11(17)6-7)18-13(19)8-3-1-2-4-10(8)16/h1-6H,17H2,(H,18,19). The number of anilines is 2. The molecular weight excluding hydrogens is 365 g/mol. The molecule has 0 saturated heterocycles. The van der Waals surface area contributed by atoms with E-state index in [4.69, 9.17) is 5.73 Å². The van der Waals surface area contributed by atoms with E-state index in [0.717, 1.165) is 9.64 Å². The number of nitrogen functional groups attached to an aromatic ring is 1. The van der Waals surface area contributed by atoms with Crippen LogP contribution >= 0.6 is 22.6 Å². The summed E-state index contributed by atoms with van der Waals surface area (Å²) in [7, 11) is 0. The molecule has 2 aromatic carbocycles. The van der Waals surface area contributed by atoms with E-state index in [9.17, 15) is 13.6 Å². The molecule has 6 heteroatoms. The van der Waals surface area contributed by atoms with Gasteiger partial charge >= 0.3 is 0 Å². The van der Waals surface area contributed by atoms with Crippen LogP contribution < -0.4 is 11.1 Å². The van der Waals surface area contributed by atoms with Crippen LogP contribution in [-0.4, -0.2) is 5.91 Å². The van der Waals surface area contributed by atoms with Gasteiger partial charge in [0.25, 0.3) is 5.91 Å². The Hall–Kier alpha value is -1.70. The predicted molar refractivity (Wildman–Crippen MR) is 77.9 cm³/mol. The molecule has 0 spiro atoms. The van der Waals surface area contributed by atoms with E-state index >= 15 is 0 Å². The monoisotopic (exact) mass is 374 g/mol. The zero-order valence-electron chi connectivity index (χ0n) is 9.58. The van der Waals surface area contributed by atoms with Gasteiger partial charge in [0.15, 0.2) is 5.82 Å². The van der Waals surface area contributed by atoms with Crippen LogP contribution in [0.4, 0.5) is 20.2 Å². The first-order chi connectivity index (χ1) is 8.99. The maximum absolute atomic E-state index is 13.6. The summed E-state index contributed by atoms with van der Waals surface area (Å²) >= 11 is 2.00. The number of amides is 1. The Morgan fingerprint density at radius 3 is 2.53 bits per heavy atom. The Balaban J connectivity index is 2.32. The summed E-state index contributed by atoms with van der Waals surface area (Å²) in [6, 6.07) is 8.46. The average molecular weight is 374 g/mol. The van der Waals surface area contributed by atoms with E-state index in [-0.39, 0.29) is 11.4 Å². The SMILES string of the molecule is Nc1cc(F)cc(F)c1NC(=O)c1ccccc1I. The molecule has 0 aliphatic heterocycles. The Morgan fingerprint density at radius 1 is 1.21 bits per heavy atom. The van der Waals surface area contributed by atoms with Gasteiger partial charge in [-0.05, 0) is 40.8 Å². The molecule has 3 nitrogen and oxygen atoms in total. The van der Waals surface area contributed by atoms with Gasteiger partial charge in [-0.2, -0.15) is 0 Å². The molecule has 0 radical (unpaired) electrons. The fraction of sp³-hybridized carbons (Fsp3) is 0. The van der Waals surface area contributed by atoms with E-state index in [2.05, 4.69) is 5.32 Å². The van der Waals surface area contributed by atoms with Crippen LogP contribution in [0.5, 0.6) is 0 Å². The number of hydrogen-bond acceptors (Lipinski definition) is 2. The minimum absolute atomic E-state index is 0.156. The van der Waals surface area contributed by atoms with Crippen molar-refractivity contribution in [3.63, 3.8) is 0 Å². The number of hydrogen-bond donors (Lipinski definition) is 2. The Labute approximate surface area is 121 Å². The van der Waals surface area contributed by atoms with Crippen LogP contribution in [0.3, 0.4) is 0 Å². The molecule has 0 heterocycles. The molecule has 0 aliphatic carbocycles. The van der Waals surface area contributed by atoms with Crippen LogP contribution in [0.15, 0.2) is 36.4 Å². The Kier molecular flexibility index (Phi) is 3.98. The van der Waals surface area contributed by atoms with Crippen molar-refractivity contribution in [3.8, 4) is 0 Å². The summed E-state index contributed by atoms with van der Waals surface area (Å²) < 4.78 is 27.2. The van der Waals surface area contributed by atoms with E-state index < -0.39 is 17.5 Å². The van der Waals surface area contributed by atoms with Crippen LogP contribution in [-0.2, 0) is 0 Å². The first kappa shape index (κ1) is 13.7. The lowest BCUT2D eigenvalue weighted by molar-refractivity contribution is 0.102. The van der Waals surface area contributed by atoms with Crippen molar-refractivity contribution in [2.45, 2.75) is 0 Å². The molecule has 0 aliphatic rings. The third kappa shape index (κ3) is 3.01. The highest BCUT2D eigenvalue weighted by atomic mass is 127. The molecular formula is C13H9F2IN2O. The van der Waals surface area contributed by atoms with E-state index in [1.54, 1.807) is 24.3 Å². The second kappa shape index (κ2) is 5.52. The fourth-order valence-electron chi connectivity index (χ4n) is 1.55. The number of benzene rings is 2. The molecule has 1 amide bonds. The number of carbonyl (C=O) groups is 1. The lowest BCUT2D eigenvalue weighted by Gasteiger charge is -2.10. The third-order valence-electron chi connectivity index (χ3n) is 2.44. The van der Waals surface area contributed by atoms with Crippen molar-refractivity contribution in [2.75, 3.05) is 11.1 Å². The highest BCUT2D eigenvalue weighted by molar-refractivity contribution is 14.1. The van der Waals surface area contributed by atoms with Crippen molar-refractivity contribution in [1.29, 1.82) is 0 Å². The van der Waals surface area contributed by atoms with Gasteiger partial charge in [-0.3, -0.25) is 4.79 Å². The summed E-state index contributed by atoms with van der Waals surface area (Å²) in [5.74, 6) is -2.19. The lowest BCUT2D eigenvalue weighted by atomic mass is 10.2. The van der Waals surface area contributed by atoms with Gasteiger partial charge in [-0.25, -0.2) is 8.78 Å². The first-order valence-corrected chi connectivity index (χ1v) is 6.37. The van der Waals surface area contributed by atoms with Crippen LogP contribution in [0, 0.1) is 15.2 Å². The molecule has 0 saturated carbocycles. The molecule has 2 rings (SSSR count). The second-order valence-corrected chi connectivity index (χ2v) is 4.95. The summed E-state index contributed by atoms with van der Waals surface area (Å²) in [6.07, 6.45) is 0. The van der Waals surface area contributed by atoms with Gasteiger partial charge in [0.2, 0.25) is 0 Å². The molecule has 0 fully saturated rings. The van der Waals surface area contributed by atoms with Crippen LogP contribution in [0.25, 0.3) is 0 Å². The predicted octanol–water partition coefficient (Wildman–Crippen LogP) is 3.40. The number of nitrogens with one attached hydrogen (secondary N) is 1. The average Bonchev–Trinajstić information content (AvgIpc) is 2.34. The van der Waals surface area contributed by atoms with Gasteiger partial charge in [0.05, 0.1) is 11.3 Å². The largest absolute Gasteiger partial charge is 0.397 e. The second-order valence-electron chi connectivity index (χ2n) is 3.79. The Bertz CT molecular complexity index is 623. The molecule has 98 valence electrons. The van der Waals surface area contributed by atoms with Crippen molar-refractivity contribution in [2.24, 2.45) is 0 Å². The lowest BCUT2D eigenvalue weighted by Crippen LogP contribution is -2.15. The first-order valence-electron chi connectivity index (χ1n) is 5.29. The maximum atomic E-state index is 13.6. The smallest absolute Gasteiger partial charge is 0.256 e. The maximum Gasteiger partial charge on any atom is 0.256 e. The zero-order chi connectivity index (χ0) is 14.0. The van der Waals surface area contributed by atoms with Crippen molar-refractivity contribution in [1.82, 2.24) is 0 Å². The highest BCUT2D eigenvalue weighted by Gasteiger charge is 2.15. The van der Waals surface area contributed by atoms with E-state index in [0.29, 0.717) is 11.6 Å². The minimum Gasteiger partial charge on any atom is -0.397 e. The van der Waals surface area contributed by atoms with Gasteiger partial charge in [-0.1, -0.05) is 12.1 Å². The minimum atomic E-state index is -0.906. The molecule has 3 N–H and O–H groups in total. The Morgan fingerprint density at radius 2 is 1.89 bits per heavy atom. The third-order valence-corrected chi connectivity index (χ3v) is 3.38. The quantitative estimate of drug-likeness (QED) is 0.626. The fourth-order valence-corrected chi connectivity index (χ4v) is 2.18. The molecule has 0 atom stereocenters. The zero-order valence-corrected chi connectivity index (χ0v) is 11.7. The summed E-state index contributed by atoms with van der Waals surface area (Å²) in [5.41, 5.74) is 5.51. The summed E-state index contributed by atoms with van der Waals surface area (Å²) in [5, 5.41) is 2.35. The van der Waals surface area contributed by atoms with Crippen molar-refractivity contribution >= 4 is 39.9 Å². The molecule has 2 aromatic rings. The van der Waals surface area contributed by atoms with E-state index in [1.165, 1.54) is 0 Å². The molecule has 19 heavy (non-hydrogen) atoms. The number of halogens is 3. The van der Waals surface area contributed by atoms with Gasteiger partial charge in [-0.15, -0.1) is 0 Å². The normalized spacial score (nSPS) is 10.3. The number of carbonyl (C=O) groups excluding carboxylic acids is 1. The van der Waals surface area contributed by atoms with Gasteiger partial charge in [0, 0.05) is 9.64 Å². The van der Waals surface area contributed by atoms with Gasteiger partial charge in [0.1, 0.15) is 11.5 Å². The van der Waals surface area contributed by atoms with E-state index in [1.807, 2.05) is 22.6 Å². The molecule has 0 aromatic heterocycles. The van der Waals surface area contributed by atoms with Gasteiger partial charge < -0.3 is 11.1 Å². The topological polar surface area (TPSA) is 55.1 Å². The van der Waals surface area contributed by atoms with Crippen molar-refractivity contribution < 1.29 is 13.6 Å². The van der Waals surface area contributed by atoms with Crippen LogP contribution in [0.2, 0.25) is 0 Å². The summed E-state index contributed by atoms with van der Waals surface area (Å²) in [6.45, 7) is 0. The van der Waals surface area contributed by atoms with Crippen LogP contribution in [0.1, 0.15) is 10.4 Å².